The summed E-state index contributed by atoms with van der Waals surface area (Å²) in [6, 6.07) is 4.11. The molecule has 90 valence electrons. The number of nitrogens with zero attached hydrogens (tertiary/aromatic N) is 3. The number of anilines is 2. The van der Waals surface area contributed by atoms with E-state index in [1.54, 1.807) is 0 Å². The van der Waals surface area contributed by atoms with E-state index >= 15 is 0 Å². The summed E-state index contributed by atoms with van der Waals surface area (Å²) in [4.78, 5) is 7.77. The monoisotopic (exact) mass is 282 g/mol. The van der Waals surface area contributed by atoms with E-state index < -0.39 is 5.82 Å². The van der Waals surface area contributed by atoms with Crippen molar-refractivity contribution in [2.75, 3.05) is 5.32 Å². The Hall–Kier alpha value is -1.90. The lowest BCUT2D eigenvalue weighted by atomic mass is 10.3. The number of nitrogens with one attached hydrogen (secondary N) is 1. The van der Waals surface area contributed by atoms with E-state index in [-0.39, 0.29) is 15.7 Å². The van der Waals surface area contributed by atoms with Crippen LogP contribution >= 0.6 is 23.2 Å². The Kier molecular flexibility index (Phi) is 3.60. The van der Waals surface area contributed by atoms with Crippen LogP contribution in [0.25, 0.3) is 0 Å². The molecule has 0 saturated carbocycles. The van der Waals surface area contributed by atoms with Crippen molar-refractivity contribution in [2.45, 2.75) is 0 Å². The van der Waals surface area contributed by atoms with Crippen LogP contribution in [0.1, 0.15) is 5.69 Å². The zero-order chi connectivity index (χ0) is 13.1. The van der Waals surface area contributed by atoms with Crippen molar-refractivity contribution in [1.29, 1.82) is 5.26 Å². The molecule has 2 rings (SSSR count). The average Bonchev–Trinajstić information content (AvgIpc) is 2.34. The van der Waals surface area contributed by atoms with Gasteiger partial charge in [0.05, 0.1) is 28.1 Å². The number of nitriles is 1. The Labute approximate surface area is 112 Å². The summed E-state index contributed by atoms with van der Waals surface area (Å²) in [5.74, 6) is -0.175. The first kappa shape index (κ1) is 12.6. The molecule has 0 radical (unpaired) electrons. The Morgan fingerprint density at radius 1 is 1.17 bits per heavy atom. The first-order chi connectivity index (χ1) is 8.60. The van der Waals surface area contributed by atoms with Gasteiger partial charge < -0.3 is 5.32 Å². The second-order valence-corrected chi connectivity index (χ2v) is 4.08. The van der Waals surface area contributed by atoms with Crippen LogP contribution in [0.2, 0.25) is 10.0 Å². The number of rotatable bonds is 2. The molecule has 2 aromatic rings. The largest absolute Gasteiger partial charge is 0.337 e. The summed E-state index contributed by atoms with van der Waals surface area (Å²) >= 11 is 11.7. The third kappa shape index (κ3) is 2.67. The maximum Gasteiger partial charge on any atom is 0.158 e. The molecule has 1 N–H and O–H groups in total. The molecular formula is C11H5Cl2FN4. The topological polar surface area (TPSA) is 61.6 Å². The van der Waals surface area contributed by atoms with Gasteiger partial charge in [-0.1, -0.05) is 23.2 Å². The molecule has 0 aliphatic heterocycles. The molecule has 0 unspecified atom stereocenters. The summed E-state index contributed by atoms with van der Waals surface area (Å²) in [7, 11) is 0. The second-order valence-electron chi connectivity index (χ2n) is 3.27. The van der Waals surface area contributed by atoms with E-state index in [0.29, 0.717) is 11.5 Å². The average molecular weight is 283 g/mol. The summed E-state index contributed by atoms with van der Waals surface area (Å²) < 4.78 is 13.0. The van der Waals surface area contributed by atoms with Crippen molar-refractivity contribution < 1.29 is 4.39 Å². The van der Waals surface area contributed by atoms with Crippen LogP contribution in [0.5, 0.6) is 0 Å². The molecule has 18 heavy (non-hydrogen) atoms. The maximum absolute atomic E-state index is 13.0. The standard InChI is InChI=1S/C11H5Cl2FN4/c12-8-1-6(14)2-9(13)11(8)18-10-5-16-7(3-15)4-17-10/h1-2,4-5H,(H,17,18). The van der Waals surface area contributed by atoms with Crippen LogP contribution in [0.3, 0.4) is 0 Å². The fraction of sp³-hybridized carbons (Fsp3) is 0. The van der Waals surface area contributed by atoms with Crippen molar-refractivity contribution in [3.8, 4) is 6.07 Å². The quantitative estimate of drug-likeness (QED) is 0.915. The Balaban J connectivity index is 2.31. The zero-order valence-electron chi connectivity index (χ0n) is 8.78. The second kappa shape index (κ2) is 5.17. The van der Waals surface area contributed by atoms with Gasteiger partial charge in [-0.2, -0.15) is 5.26 Å². The minimum absolute atomic E-state index is 0.131. The predicted molar refractivity (Wildman–Crippen MR) is 66.4 cm³/mol. The molecule has 0 atom stereocenters. The fourth-order valence-corrected chi connectivity index (χ4v) is 1.79. The van der Waals surface area contributed by atoms with E-state index in [4.69, 9.17) is 28.5 Å². The summed E-state index contributed by atoms with van der Waals surface area (Å²) in [5.41, 5.74) is 0.524. The molecule has 0 spiro atoms. The van der Waals surface area contributed by atoms with Crippen molar-refractivity contribution in [3.63, 3.8) is 0 Å². The Morgan fingerprint density at radius 2 is 1.83 bits per heavy atom. The third-order valence-electron chi connectivity index (χ3n) is 2.03. The molecule has 0 fully saturated rings. The van der Waals surface area contributed by atoms with Gasteiger partial charge in [0.2, 0.25) is 0 Å². The van der Waals surface area contributed by atoms with Gasteiger partial charge in [-0.15, -0.1) is 0 Å². The molecule has 0 amide bonds. The first-order valence-electron chi connectivity index (χ1n) is 4.74. The molecule has 7 heteroatoms. The summed E-state index contributed by atoms with van der Waals surface area (Å²) in [6.45, 7) is 0. The van der Waals surface area contributed by atoms with Crippen molar-refractivity contribution in [3.05, 3.63) is 46.1 Å². The Morgan fingerprint density at radius 3 is 2.33 bits per heavy atom. The molecule has 4 nitrogen and oxygen atoms in total. The SMILES string of the molecule is N#Cc1cnc(Nc2c(Cl)cc(F)cc2Cl)cn1. The molecule has 0 bridgehead atoms. The molecule has 0 saturated heterocycles. The summed E-state index contributed by atoms with van der Waals surface area (Å²) in [5, 5.41) is 11.6. The highest BCUT2D eigenvalue weighted by molar-refractivity contribution is 6.39. The van der Waals surface area contributed by atoms with Gasteiger partial charge in [0.1, 0.15) is 17.7 Å². The van der Waals surface area contributed by atoms with Gasteiger partial charge in [-0.25, -0.2) is 14.4 Å². The third-order valence-corrected chi connectivity index (χ3v) is 2.62. The lowest BCUT2D eigenvalue weighted by Crippen LogP contribution is -1.97. The van der Waals surface area contributed by atoms with Crippen LogP contribution in [-0.2, 0) is 0 Å². The van der Waals surface area contributed by atoms with Crippen molar-refractivity contribution in [2.24, 2.45) is 0 Å². The van der Waals surface area contributed by atoms with E-state index in [0.717, 1.165) is 12.1 Å². The van der Waals surface area contributed by atoms with Crippen molar-refractivity contribution >= 4 is 34.7 Å². The van der Waals surface area contributed by atoms with Crippen LogP contribution in [-0.4, -0.2) is 9.97 Å². The highest BCUT2D eigenvalue weighted by Crippen LogP contribution is 2.33. The van der Waals surface area contributed by atoms with Crippen LogP contribution < -0.4 is 5.32 Å². The minimum Gasteiger partial charge on any atom is -0.337 e. The zero-order valence-corrected chi connectivity index (χ0v) is 10.3. The fourth-order valence-electron chi connectivity index (χ4n) is 1.24. The number of hydrogen-bond acceptors (Lipinski definition) is 4. The normalized spacial score (nSPS) is 9.89. The molecule has 0 aliphatic rings. The molecule has 1 aromatic heterocycles. The Bertz CT molecular complexity index is 599. The van der Waals surface area contributed by atoms with Gasteiger partial charge in [0, 0.05) is 0 Å². The van der Waals surface area contributed by atoms with Crippen molar-refractivity contribution in [1.82, 2.24) is 9.97 Å². The summed E-state index contributed by atoms with van der Waals surface area (Å²) in [6.07, 6.45) is 2.65. The van der Waals surface area contributed by atoms with E-state index in [1.807, 2.05) is 6.07 Å². The molecule has 0 aliphatic carbocycles. The van der Waals surface area contributed by atoms with Gasteiger partial charge in [-0.3, -0.25) is 0 Å². The van der Waals surface area contributed by atoms with Gasteiger partial charge in [-0.05, 0) is 12.1 Å². The van der Waals surface area contributed by atoms with Gasteiger partial charge >= 0.3 is 0 Å². The maximum atomic E-state index is 13.0. The van der Waals surface area contributed by atoms with E-state index in [1.165, 1.54) is 12.4 Å². The lowest BCUT2D eigenvalue weighted by Gasteiger charge is -2.09. The van der Waals surface area contributed by atoms with Crippen LogP contribution in [0.15, 0.2) is 24.5 Å². The number of halogens is 3. The van der Waals surface area contributed by atoms with Gasteiger partial charge in [0.25, 0.3) is 0 Å². The number of benzene rings is 1. The smallest absolute Gasteiger partial charge is 0.158 e. The minimum atomic E-state index is -0.526. The highest BCUT2D eigenvalue weighted by atomic mass is 35.5. The van der Waals surface area contributed by atoms with E-state index in [2.05, 4.69) is 15.3 Å². The molecule has 1 heterocycles. The first-order valence-corrected chi connectivity index (χ1v) is 5.49. The highest BCUT2D eigenvalue weighted by Gasteiger charge is 2.09. The van der Waals surface area contributed by atoms with E-state index in [9.17, 15) is 4.39 Å². The molecular weight excluding hydrogens is 278 g/mol. The number of aromatic nitrogens is 2. The van der Waals surface area contributed by atoms with Crippen LogP contribution in [0.4, 0.5) is 15.9 Å². The molecule has 1 aromatic carbocycles. The lowest BCUT2D eigenvalue weighted by molar-refractivity contribution is 0.628. The van der Waals surface area contributed by atoms with Gasteiger partial charge in [0.15, 0.2) is 5.69 Å². The predicted octanol–water partition coefficient (Wildman–Crippen LogP) is 3.54. The van der Waals surface area contributed by atoms with Crippen LogP contribution in [0, 0.1) is 17.1 Å². The number of hydrogen-bond donors (Lipinski definition) is 1.